The standard InChI is InChI=1S/C11H7ClFN/c12-8-4-3-5-9(13)11(8)10-6-1-2-7-14-10/h1-7H. The summed E-state index contributed by atoms with van der Waals surface area (Å²) in [5, 5.41) is 0.378. The molecule has 0 atom stereocenters. The van der Waals surface area contributed by atoms with Gasteiger partial charge in [-0.3, -0.25) is 4.98 Å². The maximum absolute atomic E-state index is 13.4. The summed E-state index contributed by atoms with van der Waals surface area (Å²) in [7, 11) is 0. The number of hydrogen-bond donors (Lipinski definition) is 0. The van der Waals surface area contributed by atoms with Crippen molar-refractivity contribution < 1.29 is 4.39 Å². The Balaban J connectivity index is 2.63. The molecule has 2 rings (SSSR count). The van der Waals surface area contributed by atoms with Gasteiger partial charge in [-0.15, -0.1) is 0 Å². The van der Waals surface area contributed by atoms with Crippen molar-refractivity contribution >= 4 is 11.6 Å². The minimum atomic E-state index is -0.351. The molecule has 2 aromatic rings. The smallest absolute Gasteiger partial charge is 0.134 e. The van der Waals surface area contributed by atoms with Crippen LogP contribution in [-0.2, 0) is 0 Å². The predicted molar refractivity (Wildman–Crippen MR) is 54.6 cm³/mol. The van der Waals surface area contributed by atoms with Gasteiger partial charge >= 0.3 is 0 Å². The van der Waals surface area contributed by atoms with Crippen molar-refractivity contribution in [1.29, 1.82) is 0 Å². The van der Waals surface area contributed by atoms with Crippen LogP contribution < -0.4 is 0 Å². The van der Waals surface area contributed by atoms with Crippen LogP contribution in [0.5, 0.6) is 0 Å². The maximum Gasteiger partial charge on any atom is 0.134 e. The molecule has 0 N–H and O–H groups in total. The molecule has 1 aromatic carbocycles. The van der Waals surface area contributed by atoms with E-state index >= 15 is 0 Å². The van der Waals surface area contributed by atoms with Crippen LogP contribution in [0.4, 0.5) is 4.39 Å². The van der Waals surface area contributed by atoms with Crippen LogP contribution in [0.15, 0.2) is 42.6 Å². The van der Waals surface area contributed by atoms with Crippen molar-refractivity contribution in [3.05, 3.63) is 53.4 Å². The second-order valence-corrected chi connectivity index (χ2v) is 3.22. The lowest BCUT2D eigenvalue weighted by atomic mass is 10.1. The summed E-state index contributed by atoms with van der Waals surface area (Å²) < 4.78 is 13.4. The van der Waals surface area contributed by atoms with E-state index in [2.05, 4.69) is 4.98 Å². The Hall–Kier alpha value is -1.41. The molecule has 3 heteroatoms. The van der Waals surface area contributed by atoms with Crippen molar-refractivity contribution in [2.45, 2.75) is 0 Å². The third-order valence-electron chi connectivity index (χ3n) is 1.88. The molecule has 0 aliphatic heterocycles. The van der Waals surface area contributed by atoms with E-state index in [0.29, 0.717) is 16.3 Å². The first-order chi connectivity index (χ1) is 6.79. The van der Waals surface area contributed by atoms with E-state index < -0.39 is 0 Å². The number of aromatic nitrogens is 1. The fraction of sp³-hybridized carbons (Fsp3) is 0. The summed E-state index contributed by atoms with van der Waals surface area (Å²) in [4.78, 5) is 4.05. The van der Waals surface area contributed by atoms with Gasteiger partial charge in [-0.1, -0.05) is 23.7 Å². The molecule has 0 radical (unpaired) electrons. The van der Waals surface area contributed by atoms with Crippen molar-refractivity contribution in [2.75, 3.05) is 0 Å². The molecule has 1 nitrogen and oxygen atoms in total. The first-order valence-corrected chi connectivity index (χ1v) is 4.52. The van der Waals surface area contributed by atoms with Crippen molar-refractivity contribution in [3.8, 4) is 11.3 Å². The third-order valence-corrected chi connectivity index (χ3v) is 2.20. The SMILES string of the molecule is Fc1cccc(Cl)c1-c1ccccn1. The van der Waals surface area contributed by atoms with E-state index in [1.54, 1.807) is 36.5 Å². The molecular weight excluding hydrogens is 201 g/mol. The lowest BCUT2D eigenvalue weighted by Gasteiger charge is -2.03. The Bertz CT molecular complexity index is 422. The normalized spacial score (nSPS) is 10.1. The highest BCUT2D eigenvalue weighted by Gasteiger charge is 2.09. The zero-order valence-corrected chi connectivity index (χ0v) is 8.00. The monoisotopic (exact) mass is 207 g/mol. The zero-order valence-electron chi connectivity index (χ0n) is 7.24. The van der Waals surface area contributed by atoms with E-state index in [0.717, 1.165) is 0 Å². The number of hydrogen-bond acceptors (Lipinski definition) is 1. The second-order valence-electron chi connectivity index (χ2n) is 2.81. The topological polar surface area (TPSA) is 12.9 Å². The molecule has 0 bridgehead atoms. The van der Waals surface area contributed by atoms with Crippen LogP contribution >= 0.6 is 11.6 Å². The van der Waals surface area contributed by atoms with Gasteiger partial charge in [0.25, 0.3) is 0 Å². The zero-order chi connectivity index (χ0) is 9.97. The van der Waals surface area contributed by atoms with E-state index in [1.165, 1.54) is 6.07 Å². The van der Waals surface area contributed by atoms with Crippen LogP contribution in [-0.4, -0.2) is 4.98 Å². The molecule has 14 heavy (non-hydrogen) atoms. The van der Waals surface area contributed by atoms with Gasteiger partial charge in [-0.2, -0.15) is 0 Å². The summed E-state index contributed by atoms with van der Waals surface area (Å²) >= 11 is 5.88. The van der Waals surface area contributed by atoms with Gasteiger partial charge in [0, 0.05) is 6.20 Å². The molecular formula is C11H7ClFN. The van der Waals surface area contributed by atoms with E-state index in [9.17, 15) is 4.39 Å². The van der Waals surface area contributed by atoms with Crippen molar-refractivity contribution in [1.82, 2.24) is 4.98 Å². The molecule has 0 aliphatic rings. The van der Waals surface area contributed by atoms with E-state index in [4.69, 9.17) is 11.6 Å². The van der Waals surface area contributed by atoms with Gasteiger partial charge in [-0.25, -0.2) is 4.39 Å². The highest BCUT2D eigenvalue weighted by molar-refractivity contribution is 6.33. The number of halogens is 2. The minimum Gasteiger partial charge on any atom is -0.256 e. The van der Waals surface area contributed by atoms with Gasteiger partial charge in [-0.05, 0) is 24.3 Å². The number of rotatable bonds is 1. The van der Waals surface area contributed by atoms with Crippen LogP contribution in [0, 0.1) is 5.82 Å². The van der Waals surface area contributed by atoms with Crippen molar-refractivity contribution in [3.63, 3.8) is 0 Å². The van der Waals surface area contributed by atoms with Crippen LogP contribution in [0.25, 0.3) is 11.3 Å². The van der Waals surface area contributed by atoms with Gasteiger partial charge < -0.3 is 0 Å². The van der Waals surface area contributed by atoms with E-state index in [-0.39, 0.29) is 5.82 Å². The van der Waals surface area contributed by atoms with Crippen LogP contribution in [0.1, 0.15) is 0 Å². The summed E-state index contributed by atoms with van der Waals surface area (Å²) in [5.74, 6) is -0.351. The molecule has 0 aliphatic carbocycles. The Morgan fingerprint density at radius 1 is 1.07 bits per heavy atom. The Labute approximate surface area is 86.2 Å². The summed E-state index contributed by atoms with van der Waals surface area (Å²) in [5.41, 5.74) is 0.908. The van der Waals surface area contributed by atoms with Gasteiger partial charge in [0.1, 0.15) is 5.82 Å². The van der Waals surface area contributed by atoms with Crippen LogP contribution in [0.3, 0.4) is 0 Å². The minimum absolute atomic E-state index is 0.351. The van der Waals surface area contributed by atoms with E-state index in [1.807, 2.05) is 0 Å². The third kappa shape index (κ3) is 1.61. The second kappa shape index (κ2) is 3.76. The molecule has 0 saturated carbocycles. The molecule has 0 saturated heterocycles. The average molecular weight is 208 g/mol. The fourth-order valence-corrected chi connectivity index (χ4v) is 1.51. The summed E-state index contributed by atoms with van der Waals surface area (Å²) in [6, 6.07) is 9.89. The molecule has 70 valence electrons. The van der Waals surface area contributed by atoms with Gasteiger partial charge in [0.15, 0.2) is 0 Å². The Morgan fingerprint density at radius 2 is 1.93 bits per heavy atom. The highest BCUT2D eigenvalue weighted by Crippen LogP contribution is 2.28. The number of nitrogens with zero attached hydrogens (tertiary/aromatic N) is 1. The fourth-order valence-electron chi connectivity index (χ4n) is 1.25. The van der Waals surface area contributed by atoms with Crippen molar-refractivity contribution in [2.24, 2.45) is 0 Å². The Kier molecular flexibility index (Phi) is 2.46. The first kappa shape index (κ1) is 9.16. The molecule has 1 aromatic heterocycles. The summed E-state index contributed by atoms with van der Waals surface area (Å²) in [6.45, 7) is 0. The largest absolute Gasteiger partial charge is 0.256 e. The van der Waals surface area contributed by atoms with Gasteiger partial charge in [0.05, 0.1) is 16.3 Å². The first-order valence-electron chi connectivity index (χ1n) is 4.14. The quantitative estimate of drug-likeness (QED) is 0.697. The molecule has 0 amide bonds. The predicted octanol–water partition coefficient (Wildman–Crippen LogP) is 3.54. The molecule has 0 fully saturated rings. The lowest BCUT2D eigenvalue weighted by Crippen LogP contribution is -1.87. The summed E-state index contributed by atoms with van der Waals surface area (Å²) in [6.07, 6.45) is 1.61. The van der Waals surface area contributed by atoms with Gasteiger partial charge in [0.2, 0.25) is 0 Å². The van der Waals surface area contributed by atoms with Crippen LogP contribution in [0.2, 0.25) is 5.02 Å². The molecule has 1 heterocycles. The molecule has 0 unspecified atom stereocenters. The Morgan fingerprint density at radius 3 is 2.57 bits per heavy atom. The maximum atomic E-state index is 13.4. The number of pyridine rings is 1. The highest BCUT2D eigenvalue weighted by atomic mass is 35.5. The molecule has 0 spiro atoms. The lowest BCUT2D eigenvalue weighted by molar-refractivity contribution is 0.631. The number of benzene rings is 1. The average Bonchev–Trinajstić information content (AvgIpc) is 2.19.